The van der Waals surface area contributed by atoms with E-state index < -0.39 is 0 Å². The summed E-state index contributed by atoms with van der Waals surface area (Å²) in [6.45, 7) is 8.70. The van der Waals surface area contributed by atoms with E-state index in [0.29, 0.717) is 12.0 Å². The van der Waals surface area contributed by atoms with Gasteiger partial charge in [-0.2, -0.15) is 0 Å². The van der Waals surface area contributed by atoms with E-state index in [4.69, 9.17) is 4.74 Å². The van der Waals surface area contributed by atoms with Gasteiger partial charge in [0, 0.05) is 12.0 Å². The van der Waals surface area contributed by atoms with Crippen molar-refractivity contribution in [3.63, 3.8) is 0 Å². The van der Waals surface area contributed by atoms with Gasteiger partial charge in [-0.25, -0.2) is 0 Å². The van der Waals surface area contributed by atoms with Gasteiger partial charge in [0.1, 0.15) is 5.75 Å². The third kappa shape index (κ3) is 3.97. The van der Waals surface area contributed by atoms with Crippen molar-refractivity contribution in [3.05, 3.63) is 29.8 Å². The van der Waals surface area contributed by atoms with Crippen LogP contribution in [0.2, 0.25) is 0 Å². The maximum Gasteiger partial charge on any atom is 0.119 e. The summed E-state index contributed by atoms with van der Waals surface area (Å²) in [6.07, 6.45) is 3.58. The first-order valence-electron chi connectivity index (χ1n) is 7.66. The molecule has 2 rings (SSSR count). The van der Waals surface area contributed by atoms with Gasteiger partial charge in [0.2, 0.25) is 0 Å². The summed E-state index contributed by atoms with van der Waals surface area (Å²) in [5.74, 6) is 2.42. The Hall–Kier alpha value is -1.02. The minimum atomic E-state index is 0.641. The predicted molar refractivity (Wildman–Crippen MR) is 80.8 cm³/mol. The summed E-state index contributed by atoms with van der Waals surface area (Å²) in [5.41, 5.74) is 1.46. The van der Waals surface area contributed by atoms with Crippen molar-refractivity contribution in [1.82, 2.24) is 5.32 Å². The number of rotatable bonds is 6. The van der Waals surface area contributed by atoms with E-state index in [-0.39, 0.29) is 0 Å². The minimum Gasteiger partial charge on any atom is -0.494 e. The lowest BCUT2D eigenvalue weighted by molar-refractivity contribution is 0.317. The van der Waals surface area contributed by atoms with Crippen molar-refractivity contribution < 1.29 is 4.74 Å². The second kappa shape index (κ2) is 6.95. The Balaban J connectivity index is 2.00. The van der Waals surface area contributed by atoms with Crippen molar-refractivity contribution in [1.29, 1.82) is 0 Å². The standard InChI is InChI=1S/C17H27NO/c1-4-11-19-15-7-5-14(6-8-15)16-9-10-18-17(16)12-13(2)3/h5-8,13,16-18H,4,9-12H2,1-3H3. The van der Waals surface area contributed by atoms with Crippen LogP contribution in [0.5, 0.6) is 5.75 Å². The zero-order valence-corrected chi connectivity index (χ0v) is 12.5. The number of nitrogens with one attached hydrogen (secondary N) is 1. The molecule has 1 heterocycles. The van der Waals surface area contributed by atoms with Crippen LogP contribution in [0.1, 0.15) is 51.5 Å². The SMILES string of the molecule is CCCOc1ccc(C2CCNC2CC(C)C)cc1. The van der Waals surface area contributed by atoms with Crippen molar-refractivity contribution >= 4 is 0 Å². The fourth-order valence-corrected chi connectivity index (χ4v) is 2.95. The van der Waals surface area contributed by atoms with Crippen LogP contribution in [0.3, 0.4) is 0 Å². The molecule has 0 aromatic heterocycles. The molecule has 1 N–H and O–H groups in total. The Kier molecular flexibility index (Phi) is 5.26. The number of hydrogen-bond donors (Lipinski definition) is 1. The summed E-state index contributed by atoms with van der Waals surface area (Å²) < 4.78 is 5.65. The van der Waals surface area contributed by atoms with Crippen molar-refractivity contribution in [2.75, 3.05) is 13.2 Å². The van der Waals surface area contributed by atoms with E-state index >= 15 is 0 Å². The van der Waals surface area contributed by atoms with E-state index in [1.807, 2.05) is 0 Å². The second-order valence-corrected chi connectivity index (χ2v) is 6.00. The first-order valence-corrected chi connectivity index (χ1v) is 7.66. The number of benzene rings is 1. The van der Waals surface area contributed by atoms with E-state index in [0.717, 1.165) is 31.2 Å². The quantitative estimate of drug-likeness (QED) is 0.836. The number of ether oxygens (including phenoxy) is 1. The topological polar surface area (TPSA) is 21.3 Å². The van der Waals surface area contributed by atoms with Gasteiger partial charge >= 0.3 is 0 Å². The molecule has 1 saturated heterocycles. The summed E-state index contributed by atoms with van der Waals surface area (Å²) in [6, 6.07) is 9.37. The molecule has 0 radical (unpaired) electrons. The molecule has 0 aliphatic carbocycles. The van der Waals surface area contributed by atoms with Gasteiger partial charge in [0.05, 0.1) is 6.61 Å². The van der Waals surface area contributed by atoms with Crippen molar-refractivity contribution in [2.24, 2.45) is 5.92 Å². The molecule has 0 bridgehead atoms. The van der Waals surface area contributed by atoms with Gasteiger partial charge in [0.15, 0.2) is 0 Å². The van der Waals surface area contributed by atoms with Crippen LogP contribution in [0.25, 0.3) is 0 Å². The molecule has 0 spiro atoms. The molecule has 2 heteroatoms. The van der Waals surface area contributed by atoms with Crippen LogP contribution in [-0.4, -0.2) is 19.2 Å². The summed E-state index contributed by atoms with van der Waals surface area (Å²) in [5, 5.41) is 3.65. The molecule has 1 aliphatic heterocycles. The maximum atomic E-state index is 5.65. The average Bonchev–Trinajstić information content (AvgIpc) is 2.84. The van der Waals surface area contributed by atoms with E-state index in [1.54, 1.807) is 0 Å². The zero-order chi connectivity index (χ0) is 13.7. The van der Waals surface area contributed by atoms with Crippen LogP contribution in [0, 0.1) is 5.92 Å². The van der Waals surface area contributed by atoms with Gasteiger partial charge in [-0.3, -0.25) is 0 Å². The molecule has 2 nitrogen and oxygen atoms in total. The largest absolute Gasteiger partial charge is 0.494 e. The lowest BCUT2D eigenvalue weighted by Gasteiger charge is -2.22. The molecule has 1 aromatic carbocycles. The first kappa shape index (κ1) is 14.4. The van der Waals surface area contributed by atoms with Gasteiger partial charge in [-0.1, -0.05) is 32.9 Å². The number of hydrogen-bond acceptors (Lipinski definition) is 2. The summed E-state index contributed by atoms with van der Waals surface area (Å²) >= 11 is 0. The highest BCUT2D eigenvalue weighted by Gasteiger charge is 2.28. The predicted octanol–water partition coefficient (Wildman–Crippen LogP) is 3.97. The molecular formula is C17H27NO. The zero-order valence-electron chi connectivity index (χ0n) is 12.5. The van der Waals surface area contributed by atoms with Gasteiger partial charge in [0.25, 0.3) is 0 Å². The average molecular weight is 261 g/mol. The van der Waals surface area contributed by atoms with Gasteiger partial charge in [-0.15, -0.1) is 0 Å². The van der Waals surface area contributed by atoms with Gasteiger partial charge in [-0.05, 0) is 49.4 Å². The molecule has 19 heavy (non-hydrogen) atoms. The van der Waals surface area contributed by atoms with Crippen molar-refractivity contribution in [2.45, 2.75) is 52.0 Å². The van der Waals surface area contributed by atoms with Crippen molar-refractivity contribution in [3.8, 4) is 5.75 Å². The van der Waals surface area contributed by atoms with E-state index in [1.165, 1.54) is 18.4 Å². The first-order chi connectivity index (χ1) is 9.20. The highest BCUT2D eigenvalue weighted by Crippen LogP contribution is 2.32. The van der Waals surface area contributed by atoms with Crippen LogP contribution >= 0.6 is 0 Å². The monoisotopic (exact) mass is 261 g/mol. The van der Waals surface area contributed by atoms with Crippen LogP contribution < -0.4 is 10.1 Å². The fourth-order valence-electron chi connectivity index (χ4n) is 2.95. The molecule has 2 atom stereocenters. The Bertz CT molecular complexity index is 371. The molecular weight excluding hydrogens is 234 g/mol. The summed E-state index contributed by atoms with van der Waals surface area (Å²) in [7, 11) is 0. The third-order valence-corrected chi connectivity index (χ3v) is 3.85. The summed E-state index contributed by atoms with van der Waals surface area (Å²) in [4.78, 5) is 0. The highest BCUT2D eigenvalue weighted by molar-refractivity contribution is 5.31. The van der Waals surface area contributed by atoms with Crippen LogP contribution in [0.4, 0.5) is 0 Å². The lowest BCUT2D eigenvalue weighted by Crippen LogP contribution is -2.27. The normalized spacial score (nSPS) is 22.9. The van der Waals surface area contributed by atoms with E-state index in [9.17, 15) is 0 Å². The Morgan fingerprint density at radius 3 is 2.63 bits per heavy atom. The van der Waals surface area contributed by atoms with Crippen LogP contribution in [-0.2, 0) is 0 Å². The lowest BCUT2D eigenvalue weighted by atomic mass is 9.87. The van der Waals surface area contributed by atoms with Gasteiger partial charge < -0.3 is 10.1 Å². The molecule has 1 aliphatic rings. The maximum absolute atomic E-state index is 5.65. The fraction of sp³-hybridized carbons (Fsp3) is 0.647. The van der Waals surface area contributed by atoms with Crippen LogP contribution in [0.15, 0.2) is 24.3 Å². The molecule has 1 fully saturated rings. The second-order valence-electron chi connectivity index (χ2n) is 6.00. The Morgan fingerprint density at radius 2 is 2.00 bits per heavy atom. The third-order valence-electron chi connectivity index (χ3n) is 3.85. The molecule has 0 amide bonds. The van der Waals surface area contributed by atoms with E-state index in [2.05, 4.69) is 50.4 Å². The minimum absolute atomic E-state index is 0.641. The molecule has 2 unspecified atom stereocenters. The highest BCUT2D eigenvalue weighted by atomic mass is 16.5. The smallest absolute Gasteiger partial charge is 0.119 e. The Morgan fingerprint density at radius 1 is 1.26 bits per heavy atom. The molecule has 1 aromatic rings. The molecule has 0 saturated carbocycles. The Labute approximate surface area is 117 Å². The molecule has 106 valence electrons.